The summed E-state index contributed by atoms with van der Waals surface area (Å²) in [5.41, 5.74) is 1.18. The molecule has 0 aliphatic carbocycles. The number of carbonyl (C=O) groups excluding carboxylic acids is 1. The molecule has 1 atom stereocenters. The van der Waals surface area contributed by atoms with E-state index in [9.17, 15) is 9.59 Å². The SMILES string of the molecule is C=CCC(NC(=O)CCCc1ccccc1)C(=O)O. The van der Waals surface area contributed by atoms with Crippen molar-refractivity contribution in [2.45, 2.75) is 31.7 Å². The highest BCUT2D eigenvalue weighted by atomic mass is 16.4. The fourth-order valence-electron chi connectivity index (χ4n) is 1.75. The molecule has 0 spiro atoms. The van der Waals surface area contributed by atoms with E-state index in [0.29, 0.717) is 12.8 Å². The van der Waals surface area contributed by atoms with Crippen molar-refractivity contribution in [3.63, 3.8) is 0 Å². The highest BCUT2D eigenvalue weighted by Gasteiger charge is 2.17. The zero-order chi connectivity index (χ0) is 14.1. The standard InChI is InChI=1S/C15H19NO3/c1-2-7-13(15(18)19)16-14(17)11-6-10-12-8-4-3-5-9-12/h2-5,8-9,13H,1,6-7,10-11H2,(H,16,17)(H,18,19). The van der Waals surface area contributed by atoms with Crippen LogP contribution in [0.5, 0.6) is 0 Å². The van der Waals surface area contributed by atoms with Crippen LogP contribution in [-0.4, -0.2) is 23.0 Å². The van der Waals surface area contributed by atoms with Crippen LogP contribution in [0, 0.1) is 0 Å². The minimum Gasteiger partial charge on any atom is -0.480 e. The van der Waals surface area contributed by atoms with Gasteiger partial charge in [0.15, 0.2) is 0 Å². The van der Waals surface area contributed by atoms with Crippen LogP contribution in [0.4, 0.5) is 0 Å². The Kier molecular flexibility index (Phi) is 6.36. The average Bonchev–Trinajstić information content (AvgIpc) is 2.39. The normalized spacial score (nSPS) is 11.6. The Hall–Kier alpha value is -2.10. The van der Waals surface area contributed by atoms with Gasteiger partial charge in [0.25, 0.3) is 0 Å². The van der Waals surface area contributed by atoms with Crippen molar-refractivity contribution in [3.8, 4) is 0 Å². The molecule has 1 amide bonds. The largest absolute Gasteiger partial charge is 0.480 e. The van der Waals surface area contributed by atoms with E-state index in [1.54, 1.807) is 0 Å². The van der Waals surface area contributed by atoms with Crippen LogP contribution in [0.25, 0.3) is 0 Å². The fourth-order valence-corrected chi connectivity index (χ4v) is 1.75. The molecule has 0 aliphatic rings. The molecule has 2 N–H and O–H groups in total. The predicted octanol–water partition coefficient (Wildman–Crippen LogP) is 2.15. The molecule has 19 heavy (non-hydrogen) atoms. The number of amides is 1. The lowest BCUT2D eigenvalue weighted by Crippen LogP contribution is -2.40. The van der Waals surface area contributed by atoms with Gasteiger partial charge in [0.1, 0.15) is 6.04 Å². The van der Waals surface area contributed by atoms with E-state index in [0.717, 1.165) is 6.42 Å². The third-order valence-electron chi connectivity index (χ3n) is 2.75. The number of hydrogen-bond acceptors (Lipinski definition) is 2. The van der Waals surface area contributed by atoms with Crippen molar-refractivity contribution in [1.82, 2.24) is 5.32 Å². The summed E-state index contributed by atoms with van der Waals surface area (Å²) >= 11 is 0. The van der Waals surface area contributed by atoms with Crippen molar-refractivity contribution >= 4 is 11.9 Å². The molecule has 102 valence electrons. The van der Waals surface area contributed by atoms with E-state index in [4.69, 9.17) is 5.11 Å². The second kappa shape index (κ2) is 8.08. The van der Waals surface area contributed by atoms with E-state index in [2.05, 4.69) is 11.9 Å². The monoisotopic (exact) mass is 261 g/mol. The molecule has 0 aliphatic heterocycles. The maximum Gasteiger partial charge on any atom is 0.326 e. The maximum atomic E-state index is 11.6. The fraction of sp³-hybridized carbons (Fsp3) is 0.333. The number of benzene rings is 1. The van der Waals surface area contributed by atoms with Crippen LogP contribution in [-0.2, 0) is 16.0 Å². The Bertz CT molecular complexity index is 428. The number of carbonyl (C=O) groups is 2. The third-order valence-corrected chi connectivity index (χ3v) is 2.75. The van der Waals surface area contributed by atoms with Gasteiger partial charge in [-0.1, -0.05) is 36.4 Å². The van der Waals surface area contributed by atoms with Crippen molar-refractivity contribution in [2.75, 3.05) is 0 Å². The van der Waals surface area contributed by atoms with Gasteiger partial charge in [0, 0.05) is 6.42 Å². The Morgan fingerprint density at radius 2 is 2.00 bits per heavy atom. The minimum absolute atomic E-state index is 0.231. The number of nitrogens with one attached hydrogen (secondary N) is 1. The summed E-state index contributed by atoms with van der Waals surface area (Å²) in [6.45, 7) is 3.48. The maximum absolute atomic E-state index is 11.6. The second-order valence-electron chi connectivity index (χ2n) is 4.32. The van der Waals surface area contributed by atoms with E-state index in [1.807, 2.05) is 30.3 Å². The quantitative estimate of drug-likeness (QED) is 0.705. The molecule has 0 fully saturated rings. The summed E-state index contributed by atoms with van der Waals surface area (Å²) in [6, 6.07) is 9.01. The van der Waals surface area contributed by atoms with Gasteiger partial charge in [-0.25, -0.2) is 4.79 Å². The molecule has 4 nitrogen and oxygen atoms in total. The van der Waals surface area contributed by atoms with Crippen LogP contribution in [0.3, 0.4) is 0 Å². The topological polar surface area (TPSA) is 66.4 Å². The van der Waals surface area contributed by atoms with Gasteiger partial charge >= 0.3 is 5.97 Å². The first-order valence-corrected chi connectivity index (χ1v) is 6.30. The highest BCUT2D eigenvalue weighted by Crippen LogP contribution is 2.05. The highest BCUT2D eigenvalue weighted by molar-refractivity contribution is 5.83. The van der Waals surface area contributed by atoms with Gasteiger partial charge in [0.05, 0.1) is 0 Å². The van der Waals surface area contributed by atoms with Crippen LogP contribution >= 0.6 is 0 Å². The lowest BCUT2D eigenvalue weighted by molar-refractivity contribution is -0.141. The van der Waals surface area contributed by atoms with E-state index in [-0.39, 0.29) is 12.3 Å². The lowest BCUT2D eigenvalue weighted by Gasteiger charge is -2.12. The molecule has 1 aromatic rings. The van der Waals surface area contributed by atoms with E-state index in [1.165, 1.54) is 11.6 Å². The molecule has 0 heterocycles. The molecule has 0 bridgehead atoms. The van der Waals surface area contributed by atoms with Gasteiger partial charge in [-0.15, -0.1) is 6.58 Å². The zero-order valence-corrected chi connectivity index (χ0v) is 10.8. The molecular weight excluding hydrogens is 242 g/mol. The van der Waals surface area contributed by atoms with Crippen molar-refractivity contribution in [1.29, 1.82) is 0 Å². The first kappa shape index (κ1) is 15.0. The van der Waals surface area contributed by atoms with Gasteiger partial charge in [-0.3, -0.25) is 4.79 Å². The molecule has 0 saturated carbocycles. The van der Waals surface area contributed by atoms with Crippen molar-refractivity contribution in [2.24, 2.45) is 0 Å². The van der Waals surface area contributed by atoms with Crippen LogP contribution in [0.2, 0.25) is 0 Å². The molecule has 0 aromatic heterocycles. The summed E-state index contributed by atoms with van der Waals surface area (Å²) in [6.07, 6.45) is 3.57. The van der Waals surface area contributed by atoms with Gasteiger partial charge in [-0.2, -0.15) is 0 Å². The molecule has 1 aromatic carbocycles. The van der Waals surface area contributed by atoms with E-state index >= 15 is 0 Å². The van der Waals surface area contributed by atoms with Gasteiger partial charge in [0.2, 0.25) is 5.91 Å². The zero-order valence-electron chi connectivity index (χ0n) is 10.8. The number of carboxylic acids is 1. The molecule has 1 rings (SSSR count). The summed E-state index contributed by atoms with van der Waals surface area (Å²) in [4.78, 5) is 22.5. The Balaban J connectivity index is 2.31. The summed E-state index contributed by atoms with van der Waals surface area (Å²) in [5.74, 6) is -1.26. The first-order valence-electron chi connectivity index (χ1n) is 6.30. The van der Waals surface area contributed by atoms with Crippen molar-refractivity contribution < 1.29 is 14.7 Å². The lowest BCUT2D eigenvalue weighted by atomic mass is 10.1. The third kappa shape index (κ3) is 5.86. The minimum atomic E-state index is -1.03. The number of rotatable bonds is 8. The average molecular weight is 261 g/mol. The Morgan fingerprint density at radius 1 is 1.32 bits per heavy atom. The second-order valence-corrected chi connectivity index (χ2v) is 4.32. The van der Waals surface area contributed by atoms with Gasteiger partial charge < -0.3 is 10.4 Å². The number of aliphatic carboxylic acids is 1. The Morgan fingerprint density at radius 3 is 2.58 bits per heavy atom. The van der Waals surface area contributed by atoms with Crippen molar-refractivity contribution in [3.05, 3.63) is 48.6 Å². The molecule has 0 radical (unpaired) electrons. The predicted molar refractivity (Wildman–Crippen MR) is 73.8 cm³/mol. The van der Waals surface area contributed by atoms with Crippen LogP contribution in [0.1, 0.15) is 24.8 Å². The Labute approximate surface area is 113 Å². The van der Waals surface area contributed by atoms with E-state index < -0.39 is 12.0 Å². The summed E-state index contributed by atoms with van der Waals surface area (Å²) < 4.78 is 0. The number of aryl methyl sites for hydroxylation is 1. The number of carboxylic acid groups (broad SMARTS) is 1. The molecule has 1 unspecified atom stereocenters. The smallest absolute Gasteiger partial charge is 0.326 e. The molecular formula is C15H19NO3. The number of hydrogen-bond donors (Lipinski definition) is 2. The first-order chi connectivity index (χ1) is 9.13. The van der Waals surface area contributed by atoms with Gasteiger partial charge in [-0.05, 0) is 24.8 Å². The van der Waals surface area contributed by atoms with Crippen LogP contribution in [0.15, 0.2) is 43.0 Å². The molecule has 0 saturated heterocycles. The molecule has 4 heteroatoms. The van der Waals surface area contributed by atoms with Crippen LogP contribution < -0.4 is 5.32 Å². The summed E-state index contributed by atoms with van der Waals surface area (Å²) in [7, 11) is 0. The summed E-state index contributed by atoms with van der Waals surface area (Å²) in [5, 5.41) is 11.4.